The molecule has 1 aliphatic rings. The van der Waals surface area contributed by atoms with Crippen LogP contribution in [0.1, 0.15) is 44.7 Å². The fourth-order valence-corrected chi connectivity index (χ4v) is 4.39. The van der Waals surface area contributed by atoms with Crippen LogP contribution in [0.4, 0.5) is 5.69 Å². The van der Waals surface area contributed by atoms with Gasteiger partial charge in [0.2, 0.25) is 10.0 Å². The highest BCUT2D eigenvalue weighted by Gasteiger charge is 2.29. The Kier molecular flexibility index (Phi) is 4.39. The first-order valence-corrected chi connectivity index (χ1v) is 8.89. The number of hydrogen-bond acceptors (Lipinski definition) is 3. The lowest BCUT2D eigenvalue weighted by atomic mass is 9.87. The van der Waals surface area contributed by atoms with Crippen LogP contribution in [0.15, 0.2) is 18.2 Å². The number of fused-ring (bicyclic) bond motifs is 1. The Morgan fingerprint density at radius 3 is 2.80 bits per heavy atom. The smallest absolute Gasteiger partial charge is 0.212 e. The second kappa shape index (κ2) is 5.74. The van der Waals surface area contributed by atoms with E-state index in [4.69, 9.17) is 0 Å². The van der Waals surface area contributed by atoms with Gasteiger partial charge >= 0.3 is 0 Å². The van der Waals surface area contributed by atoms with Crippen LogP contribution in [-0.2, 0) is 22.0 Å². The van der Waals surface area contributed by atoms with Gasteiger partial charge in [-0.15, -0.1) is 0 Å². The van der Waals surface area contributed by atoms with Crippen LogP contribution in [0, 0.1) is 0 Å². The Labute approximate surface area is 122 Å². The lowest BCUT2D eigenvalue weighted by molar-refractivity contribution is 0.467. The lowest BCUT2D eigenvalue weighted by Gasteiger charge is -2.31. The van der Waals surface area contributed by atoms with Crippen LogP contribution in [-0.4, -0.2) is 20.7 Å². The van der Waals surface area contributed by atoms with Crippen molar-refractivity contribution in [3.8, 4) is 0 Å². The van der Waals surface area contributed by atoms with Gasteiger partial charge in [-0.3, -0.25) is 0 Å². The minimum absolute atomic E-state index is 0.170. The molecule has 20 heavy (non-hydrogen) atoms. The Morgan fingerprint density at radius 1 is 1.35 bits per heavy atom. The minimum Gasteiger partial charge on any atom is -0.385 e. The Morgan fingerprint density at radius 2 is 2.10 bits per heavy atom. The minimum atomic E-state index is -3.23. The van der Waals surface area contributed by atoms with Crippen molar-refractivity contribution in [1.29, 1.82) is 0 Å². The SMILES string of the molecule is CCCS(=O)(=O)NC(C)(C)c1cccc2c1CCCN2. The predicted molar refractivity (Wildman–Crippen MR) is 83.5 cm³/mol. The van der Waals surface area contributed by atoms with E-state index in [0.717, 1.165) is 30.6 Å². The number of sulfonamides is 1. The Balaban J connectivity index is 2.35. The normalized spacial score (nSPS) is 15.6. The molecule has 1 aliphatic heterocycles. The van der Waals surface area contributed by atoms with E-state index in [-0.39, 0.29) is 5.75 Å². The molecule has 0 aliphatic carbocycles. The highest BCUT2D eigenvalue weighted by molar-refractivity contribution is 7.89. The molecule has 1 aromatic carbocycles. The van der Waals surface area contributed by atoms with Crippen molar-refractivity contribution >= 4 is 15.7 Å². The number of hydrogen-bond donors (Lipinski definition) is 2. The summed E-state index contributed by atoms with van der Waals surface area (Å²) in [4.78, 5) is 0. The first kappa shape index (κ1) is 15.3. The van der Waals surface area contributed by atoms with E-state index in [1.54, 1.807) is 0 Å². The van der Waals surface area contributed by atoms with E-state index >= 15 is 0 Å². The van der Waals surface area contributed by atoms with Gasteiger partial charge in [-0.1, -0.05) is 19.1 Å². The third kappa shape index (κ3) is 3.33. The quantitative estimate of drug-likeness (QED) is 0.878. The van der Waals surface area contributed by atoms with Crippen molar-refractivity contribution in [1.82, 2.24) is 4.72 Å². The molecule has 1 heterocycles. The summed E-state index contributed by atoms with van der Waals surface area (Å²) < 4.78 is 27.0. The third-order valence-corrected chi connectivity index (χ3v) is 5.42. The third-order valence-electron chi connectivity index (χ3n) is 3.65. The summed E-state index contributed by atoms with van der Waals surface area (Å²) in [7, 11) is -3.23. The van der Waals surface area contributed by atoms with Crippen molar-refractivity contribution in [2.24, 2.45) is 0 Å². The molecule has 4 nitrogen and oxygen atoms in total. The average molecular weight is 296 g/mol. The maximum absolute atomic E-state index is 12.1. The van der Waals surface area contributed by atoms with Gasteiger partial charge in [-0.25, -0.2) is 13.1 Å². The molecule has 5 heteroatoms. The van der Waals surface area contributed by atoms with E-state index in [0.29, 0.717) is 6.42 Å². The average Bonchev–Trinajstić information content (AvgIpc) is 2.36. The summed E-state index contributed by atoms with van der Waals surface area (Å²) >= 11 is 0. The van der Waals surface area contributed by atoms with Crippen molar-refractivity contribution in [2.75, 3.05) is 17.6 Å². The van der Waals surface area contributed by atoms with E-state index in [2.05, 4.69) is 16.1 Å². The summed E-state index contributed by atoms with van der Waals surface area (Å²) in [5.41, 5.74) is 2.86. The molecular weight excluding hydrogens is 272 g/mol. The number of anilines is 1. The largest absolute Gasteiger partial charge is 0.385 e. The highest BCUT2D eigenvalue weighted by Crippen LogP contribution is 2.32. The van der Waals surface area contributed by atoms with E-state index in [1.807, 2.05) is 32.9 Å². The first-order chi connectivity index (χ1) is 9.36. The van der Waals surface area contributed by atoms with Gasteiger partial charge in [0.1, 0.15) is 0 Å². The molecule has 2 N–H and O–H groups in total. The summed E-state index contributed by atoms with van der Waals surface area (Å²) in [5.74, 6) is 0.170. The maximum atomic E-state index is 12.1. The monoisotopic (exact) mass is 296 g/mol. The standard InChI is InChI=1S/C15H24N2O2S/c1-4-11-20(18,19)17-15(2,3)13-8-5-9-14-12(13)7-6-10-16-14/h5,8-9,16-17H,4,6-7,10-11H2,1-3H3. The molecule has 0 fully saturated rings. The molecule has 0 aromatic heterocycles. The zero-order chi connectivity index (χ0) is 14.8. The van der Waals surface area contributed by atoms with Gasteiger partial charge in [0.25, 0.3) is 0 Å². The molecule has 0 atom stereocenters. The number of benzene rings is 1. The molecule has 0 bridgehead atoms. The number of rotatable bonds is 5. The van der Waals surface area contributed by atoms with Crippen molar-refractivity contribution in [3.05, 3.63) is 29.3 Å². The molecule has 112 valence electrons. The predicted octanol–water partition coefficient (Wildman–Crippen LogP) is 2.61. The summed E-state index contributed by atoms with van der Waals surface area (Å²) in [6.45, 7) is 6.73. The molecule has 0 amide bonds. The summed E-state index contributed by atoms with van der Waals surface area (Å²) in [5, 5.41) is 3.39. The molecule has 0 radical (unpaired) electrons. The zero-order valence-corrected chi connectivity index (χ0v) is 13.3. The molecule has 2 rings (SSSR count). The second-order valence-corrected chi connectivity index (χ2v) is 7.75. The molecule has 0 saturated heterocycles. The lowest BCUT2D eigenvalue weighted by Crippen LogP contribution is -2.43. The molecule has 1 aromatic rings. The van der Waals surface area contributed by atoms with Gasteiger partial charge in [0, 0.05) is 12.2 Å². The molecular formula is C15H24N2O2S. The van der Waals surface area contributed by atoms with Crippen LogP contribution in [0.2, 0.25) is 0 Å². The Hall–Kier alpha value is -1.07. The number of nitrogens with one attached hydrogen (secondary N) is 2. The van der Waals surface area contributed by atoms with E-state index in [1.165, 1.54) is 5.56 Å². The first-order valence-electron chi connectivity index (χ1n) is 7.23. The van der Waals surface area contributed by atoms with Gasteiger partial charge in [-0.05, 0) is 50.3 Å². The molecule has 0 spiro atoms. The topological polar surface area (TPSA) is 58.2 Å². The van der Waals surface area contributed by atoms with Crippen molar-refractivity contribution < 1.29 is 8.42 Å². The highest BCUT2D eigenvalue weighted by atomic mass is 32.2. The van der Waals surface area contributed by atoms with Gasteiger partial charge in [-0.2, -0.15) is 0 Å². The van der Waals surface area contributed by atoms with E-state index in [9.17, 15) is 8.42 Å². The van der Waals surface area contributed by atoms with Crippen LogP contribution in [0.25, 0.3) is 0 Å². The second-order valence-electron chi connectivity index (χ2n) is 5.91. The van der Waals surface area contributed by atoms with Gasteiger partial charge in [0.05, 0.1) is 11.3 Å². The fourth-order valence-electron chi connectivity index (χ4n) is 2.86. The van der Waals surface area contributed by atoms with Crippen LogP contribution >= 0.6 is 0 Å². The van der Waals surface area contributed by atoms with Crippen LogP contribution in [0.3, 0.4) is 0 Å². The van der Waals surface area contributed by atoms with Crippen molar-refractivity contribution in [3.63, 3.8) is 0 Å². The Bertz CT molecular complexity index is 580. The summed E-state index contributed by atoms with van der Waals surface area (Å²) in [6.07, 6.45) is 2.71. The van der Waals surface area contributed by atoms with E-state index < -0.39 is 15.6 Å². The van der Waals surface area contributed by atoms with Gasteiger partial charge < -0.3 is 5.32 Å². The fraction of sp³-hybridized carbons (Fsp3) is 0.600. The van der Waals surface area contributed by atoms with Crippen molar-refractivity contribution in [2.45, 2.75) is 45.6 Å². The zero-order valence-electron chi connectivity index (χ0n) is 12.5. The molecule has 0 unspecified atom stereocenters. The van der Waals surface area contributed by atoms with Crippen LogP contribution < -0.4 is 10.0 Å². The van der Waals surface area contributed by atoms with Crippen LogP contribution in [0.5, 0.6) is 0 Å². The van der Waals surface area contributed by atoms with Gasteiger partial charge in [0.15, 0.2) is 0 Å². The maximum Gasteiger partial charge on any atom is 0.212 e. The molecule has 0 saturated carbocycles. The summed E-state index contributed by atoms with van der Waals surface area (Å²) in [6, 6.07) is 6.08.